The van der Waals surface area contributed by atoms with E-state index in [0.29, 0.717) is 0 Å². The molecular formula is C28H48O30. The first-order valence-corrected chi connectivity index (χ1v) is 13.6. The Hall–Kier alpha value is -7.76. The first-order valence-electron chi connectivity index (χ1n) is 13.6. The Kier molecular flexibility index (Phi) is 102. The maximum Gasteiger partial charge on any atom is 0.371 e. The quantitative estimate of drug-likeness (QED) is 0.0872. The molecule has 0 fully saturated rings. The maximum absolute atomic E-state index is 9.54. The summed E-state index contributed by atoms with van der Waals surface area (Å²) >= 11 is 0. The van der Waals surface area contributed by atoms with Gasteiger partial charge in [0.05, 0.1) is 0 Å². The van der Waals surface area contributed by atoms with E-state index in [1.807, 2.05) is 0 Å². The average molecular weight is 865 g/mol. The van der Waals surface area contributed by atoms with Gasteiger partial charge < -0.3 is 71.5 Å². The Balaban J connectivity index is -0.0000000400. The van der Waals surface area contributed by atoms with Gasteiger partial charge in [-0.15, -0.1) is 0 Å². The molecule has 0 aromatic carbocycles. The van der Waals surface area contributed by atoms with Crippen LogP contribution in [0.3, 0.4) is 0 Å². The number of aliphatic hydroxyl groups excluding tert-OH is 2. The lowest BCUT2D eigenvalue weighted by molar-refractivity contribution is -0.148. The van der Waals surface area contributed by atoms with Crippen LogP contribution >= 0.6 is 0 Å². The number of hydrogen-bond donors (Lipinski definition) is 14. The SMILES string of the molecule is CC(=O)C(=O)O.CC(=O)C(=O)O.CC(=O)O.CC(=O)O.CC(O)C(=O)O.CC(O)C(=O)O.CCC(=O)O.CCC(=O)O.O=CC(=O)O.O=CC(=O)O.O=CO.O=CO. The molecule has 0 aromatic rings. The monoisotopic (exact) mass is 864 g/mol. The summed E-state index contributed by atoms with van der Waals surface area (Å²) in [7, 11) is 0. The first-order chi connectivity index (χ1) is 25.9. The van der Waals surface area contributed by atoms with E-state index in [9.17, 15) is 38.4 Å². The Morgan fingerprint density at radius 1 is 0.431 bits per heavy atom. The van der Waals surface area contributed by atoms with Gasteiger partial charge in [0.1, 0.15) is 12.2 Å². The molecule has 340 valence electrons. The highest BCUT2D eigenvalue weighted by Gasteiger charge is 2.02. The van der Waals surface area contributed by atoms with Crippen LogP contribution in [0.2, 0.25) is 0 Å². The maximum atomic E-state index is 9.54. The van der Waals surface area contributed by atoms with Crippen LogP contribution in [-0.4, -0.2) is 180 Å². The number of aliphatic hydroxyl groups is 2. The third-order valence-electron chi connectivity index (χ3n) is 2.12. The standard InChI is InChI=1S/2C3H6O3.2C3H4O3.2C3H6O2.2C2H2O3.2C2H4O2.2CH2O2/c4*1-2(4)3(5)6;2*1-2-3(4)5;2*3-1-2(4)5;2*1-2(3)4;2*2-1-3/h2*2,4H,1H3,(H,5,6);2*1H3,(H,5,6);2*2H2,1H3,(H,4,5);2*1H,(H,4,5);2*1H3,(H,3,4);2*1H,(H,2,3). The summed E-state index contributed by atoms with van der Waals surface area (Å²) in [6, 6.07) is 0. The molecule has 0 heterocycles. The van der Waals surface area contributed by atoms with Gasteiger partial charge in [0, 0.05) is 40.5 Å². The van der Waals surface area contributed by atoms with E-state index in [-0.39, 0.29) is 38.4 Å². The van der Waals surface area contributed by atoms with Gasteiger partial charge in [0.15, 0.2) is 0 Å². The van der Waals surface area contributed by atoms with E-state index in [1.54, 1.807) is 13.8 Å². The van der Waals surface area contributed by atoms with Crippen LogP contribution in [0, 0.1) is 0 Å². The highest BCUT2D eigenvalue weighted by Crippen LogP contribution is 1.74. The largest absolute Gasteiger partial charge is 0.483 e. The van der Waals surface area contributed by atoms with Crippen LogP contribution in [0.5, 0.6) is 0 Å². The molecule has 0 spiro atoms. The predicted octanol–water partition coefficient (Wildman–Crippen LogP) is -2.69. The van der Waals surface area contributed by atoms with Crippen molar-refractivity contribution in [3.63, 3.8) is 0 Å². The summed E-state index contributed by atoms with van der Waals surface area (Å²) in [5, 5.41) is 106. The van der Waals surface area contributed by atoms with Crippen molar-refractivity contribution < 1.29 is 148 Å². The molecule has 0 radical (unpaired) electrons. The smallest absolute Gasteiger partial charge is 0.371 e. The van der Waals surface area contributed by atoms with Gasteiger partial charge in [-0.3, -0.25) is 47.9 Å². The normalized spacial score (nSPS) is 8.03. The molecule has 30 nitrogen and oxygen atoms in total. The Morgan fingerprint density at radius 3 is 0.500 bits per heavy atom. The number of ketones is 2. The molecule has 58 heavy (non-hydrogen) atoms. The van der Waals surface area contributed by atoms with E-state index in [4.69, 9.17) is 110 Å². The van der Waals surface area contributed by atoms with E-state index in [0.717, 1.165) is 27.7 Å². The first kappa shape index (κ1) is 83.3. The lowest BCUT2D eigenvalue weighted by Gasteiger charge is -1.89. The molecule has 2 unspecified atom stereocenters. The Labute approximate surface area is 325 Å². The number of carbonyl (C=O) groups excluding carboxylic acids is 4. The zero-order valence-corrected chi connectivity index (χ0v) is 31.7. The number of carbonyl (C=O) groups is 16. The minimum atomic E-state index is -1.43. The fraction of sp³-hybridized carbons (Fsp3) is 0.429. The summed E-state index contributed by atoms with van der Waals surface area (Å²) < 4.78 is 0. The van der Waals surface area contributed by atoms with Gasteiger partial charge in [-0.05, 0) is 13.8 Å². The van der Waals surface area contributed by atoms with Gasteiger partial charge in [-0.1, -0.05) is 13.8 Å². The third kappa shape index (κ3) is 408. The van der Waals surface area contributed by atoms with Crippen molar-refractivity contribution >= 4 is 96.8 Å². The van der Waals surface area contributed by atoms with Gasteiger partial charge in [0.25, 0.3) is 24.9 Å². The summed E-state index contributed by atoms with van der Waals surface area (Å²) in [6.07, 6.45) is -2.35. The molecule has 0 saturated heterocycles. The van der Waals surface area contributed by atoms with Crippen LogP contribution in [0.25, 0.3) is 0 Å². The zero-order chi connectivity index (χ0) is 50.3. The minimum Gasteiger partial charge on any atom is -0.483 e. The Bertz CT molecular complexity index is 1070. The molecule has 0 aliphatic carbocycles. The van der Waals surface area contributed by atoms with Crippen LogP contribution < -0.4 is 0 Å². The second-order valence-corrected chi connectivity index (χ2v) is 7.41. The molecule has 30 heteroatoms. The van der Waals surface area contributed by atoms with Crippen LogP contribution in [0.1, 0.15) is 68.2 Å². The van der Waals surface area contributed by atoms with E-state index < -0.39 is 83.5 Å². The number of carboxylic acids is 10. The molecular weight excluding hydrogens is 816 g/mol. The fourth-order valence-electron chi connectivity index (χ4n) is 0. The molecule has 0 amide bonds. The van der Waals surface area contributed by atoms with Crippen molar-refractivity contribution in [2.45, 2.75) is 80.4 Å². The van der Waals surface area contributed by atoms with Crippen molar-refractivity contribution in [2.75, 3.05) is 0 Å². The summed E-state index contributed by atoms with van der Waals surface area (Å²) in [6.45, 7) is 9.26. The van der Waals surface area contributed by atoms with E-state index in [2.05, 4.69) is 0 Å². The van der Waals surface area contributed by atoms with Gasteiger partial charge in [0.2, 0.25) is 24.1 Å². The number of aldehydes is 2. The summed E-state index contributed by atoms with van der Waals surface area (Å²) in [4.78, 5) is 146. The topological polar surface area (TPSA) is 556 Å². The molecule has 0 aliphatic heterocycles. The zero-order valence-electron chi connectivity index (χ0n) is 31.7. The second kappa shape index (κ2) is 70.8. The van der Waals surface area contributed by atoms with Crippen LogP contribution in [0.15, 0.2) is 0 Å². The number of Topliss-reactive ketones (excluding diaryl/α,β-unsaturated/α-hetero) is 2. The van der Waals surface area contributed by atoms with Crippen molar-refractivity contribution in [3.05, 3.63) is 0 Å². The number of carboxylic acid groups (broad SMARTS) is 12. The molecule has 0 saturated carbocycles. The van der Waals surface area contributed by atoms with Crippen LogP contribution in [0.4, 0.5) is 0 Å². The average Bonchev–Trinajstić information content (AvgIpc) is 3.06. The van der Waals surface area contributed by atoms with Crippen molar-refractivity contribution in [3.8, 4) is 0 Å². The number of hydrogen-bond acceptors (Lipinski definition) is 18. The molecule has 0 bridgehead atoms. The molecule has 14 N–H and O–H groups in total. The third-order valence-corrected chi connectivity index (χ3v) is 2.12. The fourth-order valence-corrected chi connectivity index (χ4v) is 0. The highest BCUT2D eigenvalue weighted by atomic mass is 16.4. The van der Waals surface area contributed by atoms with Gasteiger partial charge >= 0.3 is 47.8 Å². The van der Waals surface area contributed by atoms with Crippen molar-refractivity contribution in [1.29, 1.82) is 0 Å². The summed E-state index contributed by atoms with van der Waals surface area (Å²) in [5.41, 5.74) is 0. The lowest BCUT2D eigenvalue weighted by Crippen LogP contribution is -2.13. The number of aliphatic carboxylic acids is 10. The summed E-state index contributed by atoms with van der Waals surface area (Å²) in [5.74, 6) is -12.8. The second-order valence-electron chi connectivity index (χ2n) is 7.41. The van der Waals surface area contributed by atoms with Gasteiger partial charge in [-0.2, -0.15) is 0 Å². The number of rotatable bonds is 8. The lowest BCUT2D eigenvalue weighted by atomic mass is 10.4. The minimum absolute atomic E-state index is 0.167. The van der Waals surface area contributed by atoms with Gasteiger partial charge in [-0.25, -0.2) is 28.8 Å². The van der Waals surface area contributed by atoms with E-state index in [1.165, 1.54) is 13.8 Å². The van der Waals surface area contributed by atoms with E-state index >= 15 is 0 Å². The predicted molar refractivity (Wildman–Crippen MR) is 183 cm³/mol. The molecule has 0 aromatic heterocycles. The van der Waals surface area contributed by atoms with Crippen LogP contribution in [-0.2, 0) is 76.7 Å². The van der Waals surface area contributed by atoms with Crippen molar-refractivity contribution in [1.82, 2.24) is 0 Å². The molecule has 2 atom stereocenters. The Morgan fingerprint density at radius 2 is 0.500 bits per heavy atom. The molecule has 0 rings (SSSR count). The highest BCUT2D eigenvalue weighted by molar-refractivity contribution is 6.31. The molecule has 0 aliphatic rings. The van der Waals surface area contributed by atoms with Crippen molar-refractivity contribution in [2.24, 2.45) is 0 Å².